The predicted molar refractivity (Wildman–Crippen MR) is 87.6 cm³/mol. The van der Waals surface area contributed by atoms with Gasteiger partial charge in [0.1, 0.15) is 0 Å². The average Bonchev–Trinajstić information content (AvgIpc) is 2.49. The molecule has 112 valence electrons. The Bertz CT molecular complexity index is 632. The van der Waals surface area contributed by atoms with Gasteiger partial charge in [-0.15, -0.1) is 0 Å². The van der Waals surface area contributed by atoms with Crippen molar-refractivity contribution in [3.63, 3.8) is 0 Å². The molecule has 2 aromatic rings. The highest BCUT2D eigenvalue weighted by Crippen LogP contribution is 2.33. The van der Waals surface area contributed by atoms with Gasteiger partial charge < -0.3 is 9.47 Å². The molecule has 0 saturated carbocycles. The summed E-state index contributed by atoms with van der Waals surface area (Å²) in [6.07, 6.45) is 0. The molecule has 0 fully saturated rings. The molecule has 0 bridgehead atoms. The number of hydrogen-bond donors (Lipinski definition) is 2. The molecule has 1 atom stereocenters. The fraction of sp³-hybridized carbons (Fsp3) is 0.250. The molecular formula is C16H19BrN2O2. The van der Waals surface area contributed by atoms with E-state index in [1.807, 2.05) is 24.3 Å². The van der Waals surface area contributed by atoms with Crippen LogP contribution in [0.5, 0.6) is 11.5 Å². The van der Waals surface area contributed by atoms with Gasteiger partial charge in [0, 0.05) is 4.47 Å². The van der Waals surface area contributed by atoms with E-state index >= 15 is 0 Å². The Hall–Kier alpha value is -1.56. The van der Waals surface area contributed by atoms with Gasteiger partial charge in [-0.25, -0.2) is 5.43 Å². The summed E-state index contributed by atoms with van der Waals surface area (Å²) >= 11 is 3.48. The summed E-state index contributed by atoms with van der Waals surface area (Å²) in [6, 6.07) is 11.8. The largest absolute Gasteiger partial charge is 0.493 e. The monoisotopic (exact) mass is 350 g/mol. The van der Waals surface area contributed by atoms with Crippen LogP contribution in [0.1, 0.15) is 22.7 Å². The SMILES string of the molecule is COc1ccc(C(NN)c2ccc(Br)cc2C)cc1OC. The zero-order valence-electron chi connectivity index (χ0n) is 12.3. The number of nitrogens with one attached hydrogen (secondary N) is 1. The number of benzene rings is 2. The van der Waals surface area contributed by atoms with Crippen LogP contribution in [-0.4, -0.2) is 14.2 Å². The van der Waals surface area contributed by atoms with Gasteiger partial charge in [0.2, 0.25) is 0 Å². The standard InChI is InChI=1S/C16H19BrN2O2/c1-10-8-12(17)5-6-13(10)16(19-18)11-4-7-14(20-2)15(9-11)21-3/h4-9,16,19H,18H2,1-3H3. The molecule has 0 amide bonds. The lowest BCUT2D eigenvalue weighted by atomic mass is 9.95. The van der Waals surface area contributed by atoms with E-state index in [9.17, 15) is 0 Å². The maximum Gasteiger partial charge on any atom is 0.161 e. The van der Waals surface area contributed by atoms with E-state index in [-0.39, 0.29) is 6.04 Å². The number of rotatable bonds is 5. The molecule has 0 radical (unpaired) electrons. The molecule has 5 heteroatoms. The van der Waals surface area contributed by atoms with Crippen molar-refractivity contribution in [2.24, 2.45) is 5.84 Å². The van der Waals surface area contributed by atoms with Crippen molar-refractivity contribution in [2.75, 3.05) is 14.2 Å². The van der Waals surface area contributed by atoms with Gasteiger partial charge >= 0.3 is 0 Å². The minimum absolute atomic E-state index is 0.113. The molecule has 0 spiro atoms. The minimum Gasteiger partial charge on any atom is -0.493 e. The highest BCUT2D eigenvalue weighted by atomic mass is 79.9. The molecule has 0 saturated heterocycles. The third-order valence-corrected chi connectivity index (χ3v) is 3.94. The molecule has 0 heterocycles. The number of nitrogens with two attached hydrogens (primary N) is 1. The lowest BCUT2D eigenvalue weighted by molar-refractivity contribution is 0.354. The van der Waals surface area contributed by atoms with Crippen LogP contribution in [0, 0.1) is 6.92 Å². The third kappa shape index (κ3) is 3.37. The predicted octanol–water partition coefficient (Wildman–Crippen LogP) is 3.33. The fourth-order valence-electron chi connectivity index (χ4n) is 2.36. The van der Waals surface area contributed by atoms with E-state index in [0.29, 0.717) is 11.5 Å². The van der Waals surface area contributed by atoms with Crippen LogP contribution in [0.2, 0.25) is 0 Å². The first kappa shape index (κ1) is 15.8. The number of hydrogen-bond acceptors (Lipinski definition) is 4. The third-order valence-electron chi connectivity index (χ3n) is 3.45. The summed E-state index contributed by atoms with van der Waals surface area (Å²) in [6.45, 7) is 2.06. The molecule has 2 aromatic carbocycles. The van der Waals surface area contributed by atoms with Crippen molar-refractivity contribution >= 4 is 15.9 Å². The lowest BCUT2D eigenvalue weighted by Crippen LogP contribution is -2.29. The minimum atomic E-state index is -0.113. The number of halogens is 1. The molecule has 3 N–H and O–H groups in total. The van der Waals surface area contributed by atoms with Crippen LogP contribution in [0.4, 0.5) is 0 Å². The lowest BCUT2D eigenvalue weighted by Gasteiger charge is -2.20. The second-order valence-corrected chi connectivity index (χ2v) is 5.63. The van der Waals surface area contributed by atoms with Crippen molar-refractivity contribution in [1.29, 1.82) is 0 Å². The Morgan fingerprint density at radius 1 is 1.05 bits per heavy atom. The Balaban J connectivity index is 2.46. The van der Waals surface area contributed by atoms with Gasteiger partial charge in [-0.05, 0) is 47.9 Å². The van der Waals surface area contributed by atoms with Gasteiger partial charge in [0.25, 0.3) is 0 Å². The summed E-state index contributed by atoms with van der Waals surface area (Å²) in [4.78, 5) is 0. The first-order chi connectivity index (χ1) is 10.1. The van der Waals surface area contributed by atoms with Gasteiger partial charge in [-0.3, -0.25) is 5.84 Å². The van der Waals surface area contributed by atoms with Crippen LogP contribution in [-0.2, 0) is 0 Å². The molecule has 4 nitrogen and oxygen atoms in total. The summed E-state index contributed by atoms with van der Waals surface area (Å²) in [5.41, 5.74) is 6.16. The Morgan fingerprint density at radius 3 is 2.33 bits per heavy atom. The smallest absolute Gasteiger partial charge is 0.161 e. The van der Waals surface area contributed by atoms with Crippen molar-refractivity contribution in [1.82, 2.24) is 5.43 Å². The van der Waals surface area contributed by atoms with E-state index in [0.717, 1.165) is 21.2 Å². The highest BCUT2D eigenvalue weighted by Gasteiger charge is 2.17. The average molecular weight is 351 g/mol. The second kappa shape index (κ2) is 6.93. The van der Waals surface area contributed by atoms with Crippen molar-refractivity contribution in [3.05, 3.63) is 57.6 Å². The molecule has 1 unspecified atom stereocenters. The summed E-state index contributed by atoms with van der Waals surface area (Å²) in [7, 11) is 3.24. The molecular weight excluding hydrogens is 332 g/mol. The maximum atomic E-state index is 5.77. The van der Waals surface area contributed by atoms with E-state index < -0.39 is 0 Å². The van der Waals surface area contributed by atoms with Crippen LogP contribution in [0.3, 0.4) is 0 Å². The first-order valence-corrected chi connectivity index (χ1v) is 7.34. The molecule has 0 aliphatic carbocycles. The topological polar surface area (TPSA) is 56.5 Å². The molecule has 0 aliphatic heterocycles. The number of ether oxygens (including phenoxy) is 2. The Kier molecular flexibility index (Phi) is 5.22. The quantitative estimate of drug-likeness (QED) is 0.641. The Morgan fingerprint density at radius 2 is 1.76 bits per heavy atom. The van der Waals surface area contributed by atoms with Crippen LogP contribution >= 0.6 is 15.9 Å². The fourth-order valence-corrected chi connectivity index (χ4v) is 2.84. The van der Waals surface area contributed by atoms with Crippen molar-refractivity contribution in [3.8, 4) is 11.5 Å². The number of methoxy groups -OCH3 is 2. The van der Waals surface area contributed by atoms with Gasteiger partial charge in [0.15, 0.2) is 11.5 Å². The van der Waals surface area contributed by atoms with Crippen LogP contribution < -0.4 is 20.7 Å². The van der Waals surface area contributed by atoms with E-state index in [4.69, 9.17) is 15.3 Å². The zero-order chi connectivity index (χ0) is 15.4. The highest BCUT2D eigenvalue weighted by molar-refractivity contribution is 9.10. The van der Waals surface area contributed by atoms with Crippen molar-refractivity contribution < 1.29 is 9.47 Å². The summed E-state index contributed by atoms with van der Waals surface area (Å²) in [5.74, 6) is 7.16. The zero-order valence-corrected chi connectivity index (χ0v) is 13.9. The normalized spacial score (nSPS) is 12.0. The van der Waals surface area contributed by atoms with Crippen LogP contribution in [0.15, 0.2) is 40.9 Å². The number of hydrazine groups is 1. The van der Waals surface area contributed by atoms with Crippen LogP contribution in [0.25, 0.3) is 0 Å². The van der Waals surface area contributed by atoms with Gasteiger partial charge in [-0.2, -0.15) is 0 Å². The van der Waals surface area contributed by atoms with E-state index in [1.54, 1.807) is 14.2 Å². The summed E-state index contributed by atoms with van der Waals surface area (Å²) in [5, 5.41) is 0. The second-order valence-electron chi connectivity index (χ2n) is 4.72. The van der Waals surface area contributed by atoms with E-state index in [2.05, 4.69) is 40.4 Å². The summed E-state index contributed by atoms with van der Waals surface area (Å²) < 4.78 is 11.7. The molecule has 21 heavy (non-hydrogen) atoms. The van der Waals surface area contributed by atoms with Gasteiger partial charge in [-0.1, -0.05) is 28.1 Å². The van der Waals surface area contributed by atoms with Gasteiger partial charge in [0.05, 0.1) is 20.3 Å². The molecule has 2 rings (SSSR count). The maximum absolute atomic E-state index is 5.77. The first-order valence-electron chi connectivity index (χ1n) is 6.54. The number of aryl methyl sites for hydroxylation is 1. The Labute approximate surface area is 133 Å². The van der Waals surface area contributed by atoms with Crippen molar-refractivity contribution in [2.45, 2.75) is 13.0 Å². The van der Waals surface area contributed by atoms with E-state index in [1.165, 1.54) is 0 Å². The molecule has 0 aliphatic rings. The molecule has 0 aromatic heterocycles.